The molecule has 4 aromatic rings. The van der Waals surface area contributed by atoms with E-state index in [-0.39, 0.29) is 34.0 Å². The quantitative estimate of drug-likeness (QED) is 0.365. The van der Waals surface area contributed by atoms with Gasteiger partial charge in [-0.3, -0.25) is 14.8 Å². The summed E-state index contributed by atoms with van der Waals surface area (Å²) in [5.74, 6) is -1.43. The van der Waals surface area contributed by atoms with Crippen LogP contribution in [0.5, 0.6) is 5.88 Å². The Morgan fingerprint density at radius 1 is 1.34 bits per heavy atom. The Morgan fingerprint density at radius 2 is 2.16 bits per heavy atom. The number of nitrogens with zero attached hydrogens (tertiary/aromatic N) is 4. The number of halogens is 2. The lowest BCUT2D eigenvalue weighted by Gasteiger charge is -2.06. The summed E-state index contributed by atoms with van der Waals surface area (Å²) in [5, 5.41) is 17.2. The van der Waals surface area contributed by atoms with Crippen molar-refractivity contribution in [2.75, 3.05) is 5.32 Å². The number of carbonyl (C=O) groups is 1. The Hall–Kier alpha value is -3.99. The van der Waals surface area contributed by atoms with Crippen LogP contribution in [0.15, 0.2) is 40.2 Å². The van der Waals surface area contributed by atoms with Crippen LogP contribution in [-0.2, 0) is 0 Å². The van der Waals surface area contributed by atoms with Crippen LogP contribution in [0.1, 0.15) is 28.9 Å². The number of aromatic nitrogens is 5. The summed E-state index contributed by atoms with van der Waals surface area (Å²) in [6.45, 7) is 0. The number of carbonyl (C=O) groups excluding carboxylic acids is 1. The fourth-order valence-electron chi connectivity index (χ4n) is 3.09. The molecule has 12 heteroatoms. The van der Waals surface area contributed by atoms with Gasteiger partial charge in [0.05, 0.1) is 17.3 Å². The highest BCUT2D eigenvalue weighted by atomic mass is 35.5. The van der Waals surface area contributed by atoms with E-state index in [0.717, 1.165) is 18.9 Å². The van der Waals surface area contributed by atoms with Gasteiger partial charge in [0.15, 0.2) is 11.1 Å². The minimum atomic E-state index is -0.708. The third-order valence-electron chi connectivity index (χ3n) is 4.80. The Morgan fingerprint density at radius 3 is 2.84 bits per heavy atom. The Balaban J connectivity index is 1.61. The average Bonchev–Trinajstić information content (AvgIpc) is 3.38. The number of H-pyrrole nitrogens is 2. The first-order valence-corrected chi connectivity index (χ1v) is 9.97. The first-order valence-electron chi connectivity index (χ1n) is 9.59. The highest BCUT2D eigenvalue weighted by Crippen LogP contribution is 2.22. The smallest absolute Gasteiger partial charge is 0.326 e. The molecule has 3 heterocycles. The van der Waals surface area contributed by atoms with Gasteiger partial charge in [0.25, 0.3) is 5.91 Å². The van der Waals surface area contributed by atoms with Crippen LogP contribution in [0.4, 0.5) is 10.2 Å². The molecule has 0 unspecified atom stereocenters. The van der Waals surface area contributed by atoms with Crippen molar-refractivity contribution in [1.29, 1.82) is 0 Å². The van der Waals surface area contributed by atoms with E-state index in [4.69, 9.17) is 11.6 Å². The van der Waals surface area contributed by atoms with Crippen LogP contribution in [0.25, 0.3) is 11.7 Å². The molecule has 0 spiro atoms. The molecule has 4 N–H and O–H groups in total. The zero-order chi connectivity index (χ0) is 22.4. The number of aromatic amines is 2. The molecule has 0 radical (unpaired) electrons. The third-order valence-corrected chi connectivity index (χ3v) is 5.11. The third kappa shape index (κ3) is 3.85. The summed E-state index contributed by atoms with van der Waals surface area (Å²) in [6, 6.07) is 5.47. The molecule has 162 valence electrons. The molecule has 5 rings (SSSR count). The van der Waals surface area contributed by atoms with Gasteiger partial charge in [0, 0.05) is 16.8 Å². The van der Waals surface area contributed by atoms with Gasteiger partial charge in [-0.05, 0) is 37.1 Å². The lowest BCUT2D eigenvalue weighted by atomic mass is 10.2. The Bertz CT molecular complexity index is 1550. The highest BCUT2D eigenvalue weighted by molar-refractivity contribution is 6.30. The van der Waals surface area contributed by atoms with Crippen LogP contribution in [-0.4, -0.2) is 41.6 Å². The number of amides is 1. The molecule has 1 aliphatic carbocycles. The number of imidazole rings is 1. The standard InChI is InChI=1S/C20H15ClFN7O3/c21-12-4-1-9(5-13(12)22)18(30)27-15-7-16(24-11-2-3-11)29-17(26-15)10(8-23-29)6-14-19(31)28-20(32)25-14/h1,4-8,11,31H,2-3H2,(H,27,30)(H2,25,28,32). The van der Waals surface area contributed by atoms with Crippen LogP contribution < -0.4 is 21.7 Å². The molecule has 1 saturated carbocycles. The normalized spacial score (nSPS) is 14.9. The summed E-state index contributed by atoms with van der Waals surface area (Å²) in [7, 11) is 0. The minimum Gasteiger partial charge on any atom is -0.493 e. The first kappa shape index (κ1) is 19.9. The van der Waals surface area contributed by atoms with Gasteiger partial charge in [0.2, 0.25) is 5.88 Å². The van der Waals surface area contributed by atoms with Crippen molar-refractivity contribution in [3.8, 4) is 5.88 Å². The molecule has 0 atom stereocenters. The maximum absolute atomic E-state index is 13.7. The zero-order valence-corrected chi connectivity index (χ0v) is 17.0. The van der Waals surface area contributed by atoms with E-state index in [1.807, 2.05) is 0 Å². The van der Waals surface area contributed by atoms with E-state index in [1.165, 1.54) is 28.9 Å². The van der Waals surface area contributed by atoms with Gasteiger partial charge < -0.3 is 15.4 Å². The van der Waals surface area contributed by atoms with E-state index >= 15 is 0 Å². The SMILES string of the molecule is O=C(Nc1cc(=NC2CC2)n2ncc(=Cc3[nH]c(=O)[nH]c3O)c2n1)c1ccc(Cl)c(F)c1. The molecule has 32 heavy (non-hydrogen) atoms. The van der Waals surface area contributed by atoms with Crippen LogP contribution in [0.2, 0.25) is 5.02 Å². The van der Waals surface area contributed by atoms with Gasteiger partial charge in [-0.25, -0.2) is 14.2 Å². The maximum Gasteiger partial charge on any atom is 0.326 e. The zero-order valence-electron chi connectivity index (χ0n) is 16.3. The number of nitrogens with one attached hydrogen (secondary N) is 3. The average molecular weight is 456 g/mol. The summed E-state index contributed by atoms with van der Waals surface area (Å²) in [6.07, 6.45) is 4.89. The lowest BCUT2D eigenvalue weighted by molar-refractivity contribution is 0.102. The van der Waals surface area contributed by atoms with E-state index in [0.29, 0.717) is 16.4 Å². The number of hydrogen-bond donors (Lipinski definition) is 4. The van der Waals surface area contributed by atoms with E-state index < -0.39 is 17.4 Å². The molecule has 1 aliphatic rings. The molecule has 0 aliphatic heterocycles. The van der Waals surface area contributed by atoms with Crippen molar-refractivity contribution in [2.45, 2.75) is 18.9 Å². The number of anilines is 1. The molecule has 0 saturated heterocycles. The molecule has 3 aromatic heterocycles. The van der Waals surface area contributed by atoms with Gasteiger partial charge in [0.1, 0.15) is 17.3 Å². The van der Waals surface area contributed by atoms with Crippen molar-refractivity contribution in [3.05, 3.63) is 73.8 Å². The van der Waals surface area contributed by atoms with Crippen LogP contribution >= 0.6 is 11.6 Å². The van der Waals surface area contributed by atoms with Crippen LogP contribution in [0, 0.1) is 5.82 Å². The molecule has 10 nitrogen and oxygen atoms in total. The molecule has 1 amide bonds. The Labute approximate surface area is 183 Å². The summed E-state index contributed by atoms with van der Waals surface area (Å²) < 4.78 is 15.3. The lowest BCUT2D eigenvalue weighted by Crippen LogP contribution is -2.22. The molecule has 1 aromatic carbocycles. The van der Waals surface area contributed by atoms with Crippen molar-refractivity contribution >= 4 is 35.0 Å². The van der Waals surface area contributed by atoms with Gasteiger partial charge in [-0.2, -0.15) is 9.61 Å². The minimum absolute atomic E-state index is 0.0735. The van der Waals surface area contributed by atoms with E-state index in [9.17, 15) is 19.1 Å². The van der Waals surface area contributed by atoms with Crippen molar-refractivity contribution in [2.24, 2.45) is 4.99 Å². The van der Waals surface area contributed by atoms with Gasteiger partial charge in [-0.15, -0.1) is 0 Å². The molecule has 0 bridgehead atoms. The molecular formula is C20H15ClFN7O3. The van der Waals surface area contributed by atoms with Crippen LogP contribution in [0.3, 0.4) is 0 Å². The van der Waals surface area contributed by atoms with Gasteiger partial charge >= 0.3 is 5.69 Å². The first-order chi connectivity index (χ1) is 15.4. The number of fused-ring (bicyclic) bond motifs is 1. The molecule has 1 fully saturated rings. The second-order valence-corrected chi connectivity index (χ2v) is 7.67. The van der Waals surface area contributed by atoms with E-state index in [2.05, 4.69) is 30.4 Å². The maximum atomic E-state index is 13.7. The van der Waals surface area contributed by atoms with Gasteiger partial charge in [-0.1, -0.05) is 11.6 Å². The summed E-state index contributed by atoms with van der Waals surface area (Å²) in [4.78, 5) is 37.8. The Kier molecular flexibility index (Phi) is 4.74. The number of aromatic hydroxyl groups is 1. The second kappa shape index (κ2) is 7.61. The largest absolute Gasteiger partial charge is 0.493 e. The topological polar surface area (TPSA) is 141 Å². The van der Waals surface area contributed by atoms with Crippen molar-refractivity contribution in [3.63, 3.8) is 0 Å². The van der Waals surface area contributed by atoms with Crippen molar-refractivity contribution < 1.29 is 14.3 Å². The number of rotatable bonds is 4. The fourth-order valence-corrected chi connectivity index (χ4v) is 3.20. The number of benzene rings is 1. The van der Waals surface area contributed by atoms with Crippen molar-refractivity contribution in [1.82, 2.24) is 24.6 Å². The highest BCUT2D eigenvalue weighted by Gasteiger charge is 2.20. The van der Waals surface area contributed by atoms with E-state index in [1.54, 1.807) is 6.07 Å². The number of hydrogen-bond acceptors (Lipinski definition) is 6. The predicted octanol–water partition coefficient (Wildman–Crippen LogP) is 1.11. The fraction of sp³-hybridized carbons (Fsp3) is 0.150. The second-order valence-electron chi connectivity index (χ2n) is 7.26. The predicted molar refractivity (Wildman–Crippen MR) is 113 cm³/mol. The monoisotopic (exact) mass is 455 g/mol. The summed E-state index contributed by atoms with van der Waals surface area (Å²) >= 11 is 5.68. The molecular weight excluding hydrogens is 441 g/mol. The summed E-state index contributed by atoms with van der Waals surface area (Å²) in [5.41, 5.74) is 0.473.